The SMILES string of the molecule is CC(C)(C)c1cc(-c2cccc(-c3nc(-c4ccc(C5CCCCC5)cc4)nc(-c4ccc(C5CCCCC5)cc4)n3)c2)cc(-c2cc(C3CCCCC3)cc(C3CCCCC3)c2)c1. The number of hydrogen-bond acceptors (Lipinski definition) is 3. The third-order valence-corrected chi connectivity index (χ3v) is 15.8. The first-order valence-corrected chi connectivity index (χ1v) is 25.7. The molecule has 4 aliphatic rings. The van der Waals surface area contributed by atoms with Crippen LogP contribution in [0.15, 0.2) is 109 Å². The van der Waals surface area contributed by atoms with Crippen LogP contribution in [-0.2, 0) is 5.41 Å². The second-order valence-corrected chi connectivity index (χ2v) is 21.4. The maximum absolute atomic E-state index is 5.28. The Bertz CT molecular complexity index is 2380. The highest BCUT2D eigenvalue weighted by molar-refractivity contribution is 5.78. The van der Waals surface area contributed by atoms with E-state index in [4.69, 9.17) is 15.0 Å². The summed E-state index contributed by atoms with van der Waals surface area (Å²) in [6.07, 6.45) is 26.8. The van der Waals surface area contributed by atoms with Gasteiger partial charge in [0.05, 0.1) is 0 Å². The zero-order chi connectivity index (χ0) is 43.5. The zero-order valence-electron chi connectivity index (χ0n) is 39.2. The van der Waals surface area contributed by atoms with Crippen molar-refractivity contribution in [1.29, 1.82) is 0 Å². The van der Waals surface area contributed by atoms with Crippen molar-refractivity contribution in [2.45, 2.75) is 178 Å². The number of benzene rings is 5. The fourth-order valence-electron chi connectivity index (χ4n) is 11.9. The Morgan fingerprint density at radius 1 is 0.312 bits per heavy atom. The molecule has 0 unspecified atom stereocenters. The summed E-state index contributed by atoms with van der Waals surface area (Å²) in [5.74, 6) is 4.88. The highest BCUT2D eigenvalue weighted by atomic mass is 15.0. The Kier molecular flexibility index (Phi) is 13.0. The molecular formula is C61H71N3. The van der Waals surface area contributed by atoms with Gasteiger partial charge in [-0.15, -0.1) is 0 Å². The molecule has 0 bridgehead atoms. The van der Waals surface area contributed by atoms with Gasteiger partial charge in [0.1, 0.15) is 0 Å². The van der Waals surface area contributed by atoms with Gasteiger partial charge in [-0.1, -0.05) is 195 Å². The fraction of sp³-hybridized carbons (Fsp3) is 0.459. The second-order valence-electron chi connectivity index (χ2n) is 21.4. The van der Waals surface area contributed by atoms with E-state index in [0.29, 0.717) is 23.7 Å². The largest absolute Gasteiger partial charge is 0.208 e. The second kappa shape index (κ2) is 19.3. The summed E-state index contributed by atoms with van der Waals surface area (Å²) in [5.41, 5.74) is 15.7. The van der Waals surface area contributed by atoms with Crippen LogP contribution in [0.3, 0.4) is 0 Å². The number of nitrogens with zero attached hydrogens (tertiary/aromatic N) is 3. The van der Waals surface area contributed by atoms with Crippen LogP contribution in [0.4, 0.5) is 0 Å². The molecule has 0 atom stereocenters. The molecule has 1 aromatic heterocycles. The minimum atomic E-state index is -0.00731. The smallest absolute Gasteiger partial charge is 0.164 e. The highest BCUT2D eigenvalue weighted by Crippen LogP contribution is 2.42. The van der Waals surface area contributed by atoms with Crippen LogP contribution in [0.1, 0.15) is 201 Å². The summed E-state index contributed by atoms with van der Waals surface area (Å²) in [5, 5.41) is 0. The Labute approximate surface area is 385 Å². The first kappa shape index (κ1) is 43.0. The van der Waals surface area contributed by atoms with Crippen molar-refractivity contribution in [2.75, 3.05) is 0 Å². The van der Waals surface area contributed by atoms with Gasteiger partial charge < -0.3 is 0 Å². The maximum Gasteiger partial charge on any atom is 0.164 e. The molecule has 5 aromatic carbocycles. The van der Waals surface area contributed by atoms with Crippen molar-refractivity contribution < 1.29 is 0 Å². The molecule has 0 radical (unpaired) electrons. The first-order chi connectivity index (χ1) is 31.3. The van der Waals surface area contributed by atoms with Crippen LogP contribution in [0.25, 0.3) is 56.4 Å². The van der Waals surface area contributed by atoms with Crippen LogP contribution >= 0.6 is 0 Å². The average molecular weight is 846 g/mol. The van der Waals surface area contributed by atoms with Gasteiger partial charge in [-0.2, -0.15) is 0 Å². The van der Waals surface area contributed by atoms with Crippen molar-refractivity contribution in [2.24, 2.45) is 0 Å². The molecule has 330 valence electrons. The molecule has 4 aliphatic carbocycles. The van der Waals surface area contributed by atoms with Crippen LogP contribution in [0.5, 0.6) is 0 Å². The van der Waals surface area contributed by atoms with E-state index in [2.05, 4.69) is 130 Å². The van der Waals surface area contributed by atoms with E-state index >= 15 is 0 Å². The quantitative estimate of drug-likeness (QED) is 0.146. The molecule has 1 heterocycles. The van der Waals surface area contributed by atoms with E-state index in [1.165, 1.54) is 167 Å². The van der Waals surface area contributed by atoms with E-state index in [-0.39, 0.29) is 5.41 Å². The molecule has 4 saturated carbocycles. The summed E-state index contributed by atoms with van der Waals surface area (Å²) in [6.45, 7) is 7.07. The highest BCUT2D eigenvalue weighted by Gasteiger charge is 2.24. The van der Waals surface area contributed by atoms with Gasteiger partial charge in [0.25, 0.3) is 0 Å². The fourth-order valence-corrected chi connectivity index (χ4v) is 11.9. The molecule has 10 rings (SSSR count). The molecule has 3 heteroatoms. The van der Waals surface area contributed by atoms with E-state index < -0.39 is 0 Å². The minimum absolute atomic E-state index is 0.00731. The normalized spacial score (nSPS) is 18.6. The van der Waals surface area contributed by atoms with E-state index in [9.17, 15) is 0 Å². The zero-order valence-corrected chi connectivity index (χ0v) is 39.2. The topological polar surface area (TPSA) is 38.7 Å². The molecule has 6 aromatic rings. The molecule has 0 amide bonds. The number of hydrogen-bond donors (Lipinski definition) is 0. The van der Waals surface area contributed by atoms with E-state index in [1.807, 2.05) is 0 Å². The lowest BCUT2D eigenvalue weighted by atomic mass is 9.78. The molecule has 3 nitrogen and oxygen atoms in total. The summed E-state index contributed by atoms with van der Waals surface area (Å²) < 4.78 is 0. The van der Waals surface area contributed by atoms with Gasteiger partial charge in [0.15, 0.2) is 17.5 Å². The Hall–Kier alpha value is -4.89. The van der Waals surface area contributed by atoms with Gasteiger partial charge in [-0.05, 0) is 143 Å². The Morgan fingerprint density at radius 2 is 0.656 bits per heavy atom. The predicted molar refractivity (Wildman–Crippen MR) is 269 cm³/mol. The van der Waals surface area contributed by atoms with Crippen molar-refractivity contribution >= 4 is 0 Å². The molecule has 4 fully saturated rings. The molecule has 64 heavy (non-hydrogen) atoms. The molecule has 0 N–H and O–H groups in total. The van der Waals surface area contributed by atoms with Crippen LogP contribution < -0.4 is 0 Å². The van der Waals surface area contributed by atoms with Crippen molar-refractivity contribution in [1.82, 2.24) is 15.0 Å². The lowest BCUT2D eigenvalue weighted by molar-refractivity contribution is 0.435. The lowest BCUT2D eigenvalue weighted by Gasteiger charge is -2.27. The summed E-state index contributed by atoms with van der Waals surface area (Å²) in [7, 11) is 0. The van der Waals surface area contributed by atoms with Gasteiger partial charge in [0, 0.05) is 16.7 Å². The molecular weight excluding hydrogens is 775 g/mol. The van der Waals surface area contributed by atoms with Crippen molar-refractivity contribution in [3.8, 4) is 56.4 Å². The monoisotopic (exact) mass is 846 g/mol. The lowest BCUT2D eigenvalue weighted by Crippen LogP contribution is -2.11. The predicted octanol–water partition coefficient (Wildman–Crippen LogP) is 17.7. The molecule has 0 saturated heterocycles. The standard InChI is InChI=1S/C61H71N3/c1-61(2,3)57-40-55(39-56(41-57)54-37-52(44-21-12-6-13-22-44)36-53(38-54)45-23-14-7-15-24-45)50-25-16-26-51(35-50)60-63-58(48-31-27-46(28-32-48)42-17-8-4-9-18-42)62-59(64-60)49-33-29-47(30-34-49)43-19-10-5-11-20-43/h16,25-45H,4-15,17-24H2,1-3H3. The van der Waals surface area contributed by atoms with Gasteiger partial charge in [-0.25, -0.2) is 15.0 Å². The van der Waals surface area contributed by atoms with Crippen LogP contribution in [0, 0.1) is 0 Å². The van der Waals surface area contributed by atoms with Gasteiger partial charge in [0.2, 0.25) is 0 Å². The van der Waals surface area contributed by atoms with Gasteiger partial charge >= 0.3 is 0 Å². The summed E-state index contributed by atoms with van der Waals surface area (Å²) in [4.78, 5) is 15.8. The number of rotatable bonds is 9. The summed E-state index contributed by atoms with van der Waals surface area (Å²) in [6, 6.07) is 42.4. The third kappa shape index (κ3) is 9.85. The van der Waals surface area contributed by atoms with Crippen molar-refractivity contribution in [3.63, 3.8) is 0 Å². The maximum atomic E-state index is 5.28. The summed E-state index contributed by atoms with van der Waals surface area (Å²) >= 11 is 0. The van der Waals surface area contributed by atoms with Crippen LogP contribution in [0.2, 0.25) is 0 Å². The molecule has 0 aliphatic heterocycles. The Balaban J connectivity index is 1.04. The Morgan fingerprint density at radius 3 is 1.08 bits per heavy atom. The average Bonchev–Trinajstić information content (AvgIpc) is 3.37. The first-order valence-electron chi connectivity index (χ1n) is 25.7. The third-order valence-electron chi connectivity index (χ3n) is 15.8. The molecule has 0 spiro atoms. The van der Waals surface area contributed by atoms with E-state index in [0.717, 1.165) is 34.2 Å². The van der Waals surface area contributed by atoms with E-state index in [1.54, 1.807) is 11.1 Å². The minimum Gasteiger partial charge on any atom is -0.208 e. The van der Waals surface area contributed by atoms with Crippen LogP contribution in [-0.4, -0.2) is 15.0 Å². The number of aromatic nitrogens is 3. The van der Waals surface area contributed by atoms with Gasteiger partial charge in [-0.3, -0.25) is 0 Å². The van der Waals surface area contributed by atoms with Crippen molar-refractivity contribution in [3.05, 3.63) is 137 Å².